The van der Waals surface area contributed by atoms with Crippen LogP contribution in [-0.4, -0.2) is 181 Å². The second-order valence-electron chi connectivity index (χ2n) is 18.7. The number of aliphatic hydroxyl groups is 3. The first-order valence-corrected chi connectivity index (χ1v) is 22.2. The monoisotopic (exact) mass is 876 g/mol. The van der Waals surface area contributed by atoms with Crippen molar-refractivity contribution >= 4 is 17.8 Å². The zero-order valence-electron chi connectivity index (χ0n) is 39.8. The van der Waals surface area contributed by atoms with E-state index in [0.29, 0.717) is 19.5 Å². The molecule has 0 radical (unpaired) electrons. The first kappa shape index (κ1) is 53.3. The predicted octanol–water partition coefficient (Wildman–Crippen LogP) is 2.63. The lowest BCUT2D eigenvalue weighted by Crippen LogP contribution is -2.61. The third-order valence-corrected chi connectivity index (χ3v) is 13.6. The van der Waals surface area contributed by atoms with Crippen molar-refractivity contribution in [3.63, 3.8) is 0 Å². The molecule has 17 nitrogen and oxygen atoms in total. The van der Waals surface area contributed by atoms with Crippen LogP contribution in [0, 0.1) is 17.8 Å². The molecule has 3 heterocycles. The molecule has 356 valence electrons. The summed E-state index contributed by atoms with van der Waals surface area (Å²) in [7, 11) is 6.79. The smallest absolute Gasteiger partial charge is 0.320 e. The highest BCUT2D eigenvalue weighted by atomic mass is 16.7. The standard InChI is InChI=1S/C44H81N3O14/c1-17-31-44(12,53)36(50)28(8)45-39(51)24(4)21-42(10,54-15)37(61-41-34(49)30(46(13)14)20-25(5)56-41)26(6)35(27(7)40(52)58-31)60-33-22-43(11,55-16)38(29(9)57-33)59-32(48)23-47(18-2)19-3/h24-31,33-38,41,49-50,53H,17-23H2,1-16H3,(H,45,51)/t24-,25-,26+,27-,28-,29+,30+,31-,33+,34-,35+,36-,37-,38+,41+,42-,43-,44-/m1/s1. The van der Waals surface area contributed by atoms with Crippen molar-refractivity contribution in [2.75, 3.05) is 47.9 Å². The van der Waals surface area contributed by atoms with E-state index in [4.69, 9.17) is 37.9 Å². The molecule has 0 aliphatic carbocycles. The Morgan fingerprint density at radius 2 is 1.48 bits per heavy atom. The van der Waals surface area contributed by atoms with E-state index in [-0.39, 0.29) is 38.0 Å². The van der Waals surface area contributed by atoms with E-state index in [9.17, 15) is 29.7 Å². The van der Waals surface area contributed by atoms with Crippen molar-refractivity contribution in [3.05, 3.63) is 0 Å². The molecule has 3 aliphatic heterocycles. The molecule has 0 spiro atoms. The van der Waals surface area contributed by atoms with Gasteiger partial charge >= 0.3 is 11.9 Å². The van der Waals surface area contributed by atoms with Gasteiger partial charge in [-0.05, 0) is 94.9 Å². The molecule has 0 aromatic rings. The number of hydrogen-bond acceptors (Lipinski definition) is 16. The molecular formula is C44H81N3O14. The Hall–Kier alpha value is -2.03. The van der Waals surface area contributed by atoms with E-state index in [1.54, 1.807) is 41.5 Å². The van der Waals surface area contributed by atoms with Crippen LogP contribution >= 0.6 is 0 Å². The summed E-state index contributed by atoms with van der Waals surface area (Å²) in [6, 6.07) is -1.25. The summed E-state index contributed by atoms with van der Waals surface area (Å²) in [5, 5.41) is 37.7. The van der Waals surface area contributed by atoms with Crippen LogP contribution in [0.25, 0.3) is 0 Å². The Morgan fingerprint density at radius 1 is 0.885 bits per heavy atom. The molecular weight excluding hydrogens is 794 g/mol. The van der Waals surface area contributed by atoms with Gasteiger partial charge in [-0.2, -0.15) is 0 Å². The minimum atomic E-state index is -1.97. The molecule has 3 fully saturated rings. The van der Waals surface area contributed by atoms with Crippen LogP contribution in [0.4, 0.5) is 0 Å². The number of amides is 1. The van der Waals surface area contributed by atoms with E-state index in [1.165, 1.54) is 21.1 Å². The van der Waals surface area contributed by atoms with Crippen molar-refractivity contribution in [2.24, 2.45) is 17.8 Å². The third kappa shape index (κ3) is 12.6. The molecule has 61 heavy (non-hydrogen) atoms. The zero-order chi connectivity index (χ0) is 46.4. The van der Waals surface area contributed by atoms with Crippen LogP contribution in [0.5, 0.6) is 0 Å². The highest BCUT2D eigenvalue weighted by Crippen LogP contribution is 2.41. The lowest BCUT2D eigenvalue weighted by atomic mass is 9.77. The van der Waals surface area contributed by atoms with Gasteiger partial charge in [0.1, 0.15) is 29.5 Å². The highest BCUT2D eigenvalue weighted by Gasteiger charge is 2.54. The Balaban J connectivity index is 2.19. The van der Waals surface area contributed by atoms with Gasteiger partial charge in [0.15, 0.2) is 18.7 Å². The number of cyclic esters (lactones) is 1. The zero-order valence-corrected chi connectivity index (χ0v) is 39.8. The molecule has 0 unspecified atom stereocenters. The number of nitrogens with zero attached hydrogens (tertiary/aromatic N) is 2. The Kier molecular flexibility index (Phi) is 19.4. The first-order valence-electron chi connectivity index (χ1n) is 22.2. The van der Waals surface area contributed by atoms with Gasteiger partial charge in [-0.25, -0.2) is 0 Å². The Morgan fingerprint density at radius 3 is 2.02 bits per heavy atom. The summed E-state index contributed by atoms with van der Waals surface area (Å²) in [6.45, 7) is 22.6. The number of esters is 2. The maximum absolute atomic E-state index is 14.5. The van der Waals surface area contributed by atoms with E-state index in [2.05, 4.69) is 5.32 Å². The largest absolute Gasteiger partial charge is 0.459 e. The van der Waals surface area contributed by atoms with Gasteiger partial charge in [-0.3, -0.25) is 19.3 Å². The van der Waals surface area contributed by atoms with Crippen LogP contribution in [-0.2, 0) is 52.3 Å². The number of nitrogens with one attached hydrogen (secondary N) is 1. The van der Waals surface area contributed by atoms with Crippen LogP contribution < -0.4 is 5.32 Å². The Bertz CT molecular complexity index is 1420. The molecule has 3 saturated heterocycles. The van der Waals surface area contributed by atoms with E-state index < -0.39 is 114 Å². The average Bonchev–Trinajstić information content (AvgIpc) is 3.20. The van der Waals surface area contributed by atoms with Gasteiger partial charge in [-0.1, -0.05) is 34.6 Å². The van der Waals surface area contributed by atoms with Crippen molar-refractivity contribution < 1.29 is 67.6 Å². The summed E-state index contributed by atoms with van der Waals surface area (Å²) in [4.78, 5) is 45.3. The van der Waals surface area contributed by atoms with Crippen LogP contribution in [0.1, 0.15) is 109 Å². The second kappa shape index (κ2) is 22.2. The van der Waals surface area contributed by atoms with Crippen molar-refractivity contribution in [1.29, 1.82) is 0 Å². The predicted molar refractivity (Wildman–Crippen MR) is 226 cm³/mol. The average molecular weight is 876 g/mol. The maximum atomic E-state index is 14.5. The van der Waals surface area contributed by atoms with Crippen LogP contribution in [0.15, 0.2) is 0 Å². The molecule has 3 aliphatic rings. The van der Waals surface area contributed by atoms with Gasteiger partial charge < -0.3 is 63.4 Å². The number of rotatable bonds is 13. The van der Waals surface area contributed by atoms with Crippen LogP contribution in [0.3, 0.4) is 0 Å². The van der Waals surface area contributed by atoms with E-state index in [0.717, 1.165) is 0 Å². The summed E-state index contributed by atoms with van der Waals surface area (Å²) in [5.41, 5.74) is -4.34. The fourth-order valence-corrected chi connectivity index (χ4v) is 9.44. The van der Waals surface area contributed by atoms with Gasteiger partial charge in [0.2, 0.25) is 5.91 Å². The molecule has 3 rings (SSSR count). The number of methoxy groups -OCH3 is 2. The molecule has 18 atom stereocenters. The number of carbonyl (C=O) groups excluding carboxylic acids is 3. The third-order valence-electron chi connectivity index (χ3n) is 13.6. The number of aliphatic hydroxyl groups excluding tert-OH is 2. The highest BCUT2D eigenvalue weighted by molar-refractivity contribution is 5.78. The number of ether oxygens (including phenoxy) is 8. The molecule has 0 saturated carbocycles. The summed E-state index contributed by atoms with van der Waals surface area (Å²) >= 11 is 0. The fraction of sp³-hybridized carbons (Fsp3) is 0.932. The summed E-state index contributed by atoms with van der Waals surface area (Å²) in [5.74, 6) is -4.12. The molecule has 0 aromatic heterocycles. The summed E-state index contributed by atoms with van der Waals surface area (Å²) < 4.78 is 51.0. The minimum absolute atomic E-state index is 0.0847. The quantitative estimate of drug-likeness (QED) is 0.197. The molecule has 4 N–H and O–H groups in total. The molecule has 0 aromatic carbocycles. The van der Waals surface area contributed by atoms with Crippen molar-refractivity contribution in [3.8, 4) is 0 Å². The van der Waals surface area contributed by atoms with Gasteiger partial charge in [-0.15, -0.1) is 0 Å². The SMILES string of the molecule is CC[C@H]1OC(=O)[C@H](C)[C@@H](O[C@H]2C[C@@](C)(OC)[C@@H](OC(=O)CN(CC)CC)[C@H](C)O2)[C@H](C)[C@@H](O[C@@H]2O[C@H](C)C[C@H](N(C)C)[C@H]2O)[C@](C)(OC)C[C@@H](C)C(=O)N[C@H](C)[C@@H](O)[C@]1(C)O. The van der Waals surface area contributed by atoms with Gasteiger partial charge in [0, 0.05) is 38.5 Å². The second-order valence-corrected chi connectivity index (χ2v) is 18.7. The Labute approximate surface area is 364 Å². The lowest BCUT2D eigenvalue weighted by Gasteiger charge is -2.49. The normalized spacial score (nSPS) is 43.6. The van der Waals surface area contributed by atoms with Gasteiger partial charge in [0.25, 0.3) is 0 Å². The lowest BCUT2D eigenvalue weighted by molar-refractivity contribution is -0.320. The number of likely N-dealkylation sites (N-methyl/N-ethyl adjacent to an activating group) is 2. The first-order chi connectivity index (χ1) is 28.3. The number of hydrogen-bond donors (Lipinski definition) is 4. The van der Waals surface area contributed by atoms with Crippen LogP contribution in [0.2, 0.25) is 0 Å². The van der Waals surface area contributed by atoms with E-state index in [1.807, 2.05) is 58.5 Å². The fourth-order valence-electron chi connectivity index (χ4n) is 9.44. The molecule has 1 amide bonds. The topological polar surface area (TPSA) is 204 Å². The molecule has 0 bridgehead atoms. The maximum Gasteiger partial charge on any atom is 0.320 e. The van der Waals surface area contributed by atoms with Crippen molar-refractivity contribution in [1.82, 2.24) is 15.1 Å². The minimum Gasteiger partial charge on any atom is -0.459 e. The van der Waals surface area contributed by atoms with Crippen molar-refractivity contribution in [2.45, 2.75) is 199 Å². The summed E-state index contributed by atoms with van der Waals surface area (Å²) in [6.07, 6.45) is -8.96. The van der Waals surface area contributed by atoms with Gasteiger partial charge in [0.05, 0.1) is 48.5 Å². The molecule has 17 heteroatoms. The number of carbonyl (C=O) groups is 3. The van der Waals surface area contributed by atoms with E-state index >= 15 is 0 Å².